The Morgan fingerprint density at radius 3 is 2.22 bits per heavy atom. The number of allylic oxidation sites excluding steroid dienone is 6. The number of rotatable bonds is 4. The zero-order valence-electron chi connectivity index (χ0n) is 28.0. The number of aliphatic imine (C=N–C) groups is 1. The van der Waals surface area contributed by atoms with E-state index in [0.29, 0.717) is 0 Å². The predicted octanol–water partition coefficient (Wildman–Crippen LogP) is 12.0. The molecule has 0 fully saturated rings. The van der Waals surface area contributed by atoms with Gasteiger partial charge >= 0.3 is 0 Å². The van der Waals surface area contributed by atoms with Crippen molar-refractivity contribution in [2.24, 2.45) is 4.99 Å². The summed E-state index contributed by atoms with van der Waals surface area (Å²) in [5.41, 5.74) is 14.0. The topological polar surface area (TPSA) is 22.2 Å². The Kier molecular flexibility index (Phi) is 6.90. The molecule has 0 amide bonds. The van der Waals surface area contributed by atoms with E-state index in [2.05, 4.69) is 167 Å². The minimum absolute atomic E-state index is 0.215. The maximum Gasteiger partial charge on any atom is 0.115 e. The van der Waals surface area contributed by atoms with Gasteiger partial charge in [0.05, 0.1) is 22.2 Å². The zero-order valence-corrected chi connectivity index (χ0v) is 28.0. The van der Waals surface area contributed by atoms with Gasteiger partial charge in [-0.1, -0.05) is 140 Å². The molecule has 10 rings (SSSR count). The highest BCUT2D eigenvalue weighted by atomic mass is 15.1. The number of hydrogen-bond donors (Lipinski definition) is 0. The Morgan fingerprint density at radius 1 is 0.620 bits per heavy atom. The molecule has 2 aromatic heterocycles. The zero-order chi connectivity index (χ0) is 33.0. The summed E-state index contributed by atoms with van der Waals surface area (Å²) in [6.45, 7) is 0. The standard InChI is InChI=1S/C47H37N3/c1-4-16-32(17-5-1)34-30-41(33-18-6-2-7-19-33)48-45(31-34)50-43-28-13-11-23-40(43)46-37(24-15-29-44(46)50)39-26-14-25-38-36-22-10-12-27-42(36)49(47(38)39)35-20-8-3-9-21-35/h1-8,10-11,13-20,22-26,28-30,34H,9,12,21,27,31H2. The van der Waals surface area contributed by atoms with E-state index in [1.807, 2.05) is 0 Å². The molecule has 50 heavy (non-hydrogen) atoms. The Hall–Kier alpha value is -5.93. The molecule has 1 aliphatic heterocycles. The first-order chi connectivity index (χ1) is 24.8. The van der Waals surface area contributed by atoms with E-state index in [9.17, 15) is 0 Å². The van der Waals surface area contributed by atoms with Crippen molar-refractivity contribution in [3.63, 3.8) is 0 Å². The largest absolute Gasteiger partial charge is 0.316 e. The normalized spacial score (nSPS) is 17.2. The van der Waals surface area contributed by atoms with Gasteiger partial charge in [0.2, 0.25) is 0 Å². The van der Waals surface area contributed by atoms with Crippen LogP contribution in [0, 0.1) is 0 Å². The molecule has 0 bridgehead atoms. The summed E-state index contributed by atoms with van der Waals surface area (Å²) >= 11 is 0. The summed E-state index contributed by atoms with van der Waals surface area (Å²) in [6.07, 6.45) is 19.0. The monoisotopic (exact) mass is 643 g/mol. The van der Waals surface area contributed by atoms with Crippen molar-refractivity contribution in [1.82, 2.24) is 9.13 Å². The quantitative estimate of drug-likeness (QED) is 0.182. The van der Waals surface area contributed by atoms with Gasteiger partial charge in [0.25, 0.3) is 0 Å². The van der Waals surface area contributed by atoms with Crippen LogP contribution < -0.4 is 0 Å². The van der Waals surface area contributed by atoms with Gasteiger partial charge in [0.15, 0.2) is 0 Å². The molecular formula is C47H37N3. The SMILES string of the molecule is C1=CCCC(n2c3c(c4cccc(-c5cccc6c5c5ccccc5n6C5=NC(c6ccccc6)=CC(c6ccccc6)C5)c42)C=CCC3)=C1. The third-order valence-electron chi connectivity index (χ3n) is 10.8. The van der Waals surface area contributed by atoms with Crippen molar-refractivity contribution in [3.05, 3.63) is 174 Å². The second-order valence-electron chi connectivity index (χ2n) is 13.7. The van der Waals surface area contributed by atoms with E-state index in [1.54, 1.807) is 0 Å². The van der Waals surface area contributed by atoms with Crippen molar-refractivity contribution < 1.29 is 0 Å². The third kappa shape index (κ3) is 4.61. The van der Waals surface area contributed by atoms with Crippen LogP contribution in [0.2, 0.25) is 0 Å². The van der Waals surface area contributed by atoms with Crippen LogP contribution in [0.3, 0.4) is 0 Å². The van der Waals surface area contributed by atoms with E-state index < -0.39 is 0 Å². The van der Waals surface area contributed by atoms with Gasteiger partial charge in [-0.2, -0.15) is 0 Å². The molecule has 3 heterocycles. The molecular weight excluding hydrogens is 607 g/mol. The number of nitrogens with zero attached hydrogens (tertiary/aromatic N) is 3. The summed E-state index contributed by atoms with van der Waals surface area (Å²) in [5.74, 6) is 1.29. The number of para-hydroxylation sites is 2. The molecule has 0 N–H and O–H groups in total. The van der Waals surface area contributed by atoms with Crippen LogP contribution in [-0.4, -0.2) is 15.0 Å². The highest BCUT2D eigenvalue weighted by Crippen LogP contribution is 2.44. The summed E-state index contributed by atoms with van der Waals surface area (Å²) < 4.78 is 5.05. The second kappa shape index (κ2) is 11.9. The highest BCUT2D eigenvalue weighted by Gasteiger charge is 2.27. The maximum atomic E-state index is 5.46. The minimum Gasteiger partial charge on any atom is -0.316 e. The average molecular weight is 644 g/mol. The molecule has 2 aliphatic carbocycles. The molecule has 240 valence electrons. The molecule has 0 saturated heterocycles. The Morgan fingerprint density at radius 2 is 1.36 bits per heavy atom. The number of fused-ring (bicyclic) bond motifs is 6. The van der Waals surface area contributed by atoms with Crippen molar-refractivity contribution in [2.75, 3.05) is 0 Å². The fourth-order valence-electron chi connectivity index (χ4n) is 8.59. The van der Waals surface area contributed by atoms with Crippen molar-refractivity contribution >= 4 is 56.0 Å². The van der Waals surface area contributed by atoms with Gasteiger partial charge in [-0.15, -0.1) is 0 Å². The Labute approximate surface area is 292 Å². The Balaban J connectivity index is 1.24. The average Bonchev–Trinajstić information content (AvgIpc) is 3.72. The van der Waals surface area contributed by atoms with Gasteiger partial charge in [-0.05, 0) is 60.6 Å². The first kappa shape index (κ1) is 29.0. The lowest BCUT2D eigenvalue weighted by Gasteiger charge is -2.23. The Bertz CT molecular complexity index is 2600. The molecule has 1 unspecified atom stereocenters. The summed E-state index contributed by atoms with van der Waals surface area (Å²) in [4.78, 5) is 5.46. The van der Waals surface area contributed by atoms with E-state index >= 15 is 0 Å². The fourth-order valence-corrected chi connectivity index (χ4v) is 8.59. The molecule has 7 aromatic rings. The van der Waals surface area contributed by atoms with Crippen LogP contribution in [0.25, 0.3) is 61.3 Å². The lowest BCUT2D eigenvalue weighted by molar-refractivity contribution is 0.857. The molecule has 3 heteroatoms. The van der Waals surface area contributed by atoms with Crippen LogP contribution in [0.1, 0.15) is 54.0 Å². The molecule has 0 saturated carbocycles. The predicted molar refractivity (Wildman–Crippen MR) is 211 cm³/mol. The second-order valence-corrected chi connectivity index (χ2v) is 13.7. The fraction of sp³-hybridized carbons (Fsp3) is 0.128. The molecule has 5 aromatic carbocycles. The van der Waals surface area contributed by atoms with Gasteiger partial charge < -0.3 is 4.57 Å². The highest BCUT2D eigenvalue weighted by molar-refractivity contribution is 6.21. The lowest BCUT2D eigenvalue weighted by Crippen LogP contribution is -2.18. The van der Waals surface area contributed by atoms with Crippen LogP contribution in [0.4, 0.5) is 0 Å². The van der Waals surface area contributed by atoms with E-state index in [-0.39, 0.29) is 5.92 Å². The van der Waals surface area contributed by atoms with Crippen LogP contribution in [0.15, 0.2) is 157 Å². The van der Waals surface area contributed by atoms with Crippen molar-refractivity contribution in [2.45, 2.75) is 38.0 Å². The minimum atomic E-state index is 0.215. The molecule has 1 atom stereocenters. The van der Waals surface area contributed by atoms with Gasteiger partial charge in [-0.25, -0.2) is 4.99 Å². The third-order valence-corrected chi connectivity index (χ3v) is 10.8. The van der Waals surface area contributed by atoms with Crippen LogP contribution >= 0.6 is 0 Å². The van der Waals surface area contributed by atoms with E-state index in [0.717, 1.165) is 49.2 Å². The summed E-state index contributed by atoms with van der Waals surface area (Å²) in [6, 6.07) is 44.2. The van der Waals surface area contributed by atoms with Gasteiger partial charge in [-0.3, -0.25) is 4.57 Å². The van der Waals surface area contributed by atoms with Gasteiger partial charge in [0.1, 0.15) is 5.84 Å². The van der Waals surface area contributed by atoms with E-state index in [4.69, 9.17) is 4.99 Å². The molecule has 3 nitrogen and oxygen atoms in total. The lowest BCUT2D eigenvalue weighted by atomic mass is 9.91. The first-order valence-electron chi connectivity index (χ1n) is 17.9. The van der Waals surface area contributed by atoms with Crippen molar-refractivity contribution in [3.8, 4) is 11.1 Å². The number of aromatic nitrogens is 2. The molecule has 0 radical (unpaired) electrons. The van der Waals surface area contributed by atoms with Crippen molar-refractivity contribution in [1.29, 1.82) is 0 Å². The van der Waals surface area contributed by atoms with Crippen LogP contribution in [-0.2, 0) is 6.42 Å². The number of benzene rings is 5. The first-order valence-corrected chi connectivity index (χ1v) is 17.9. The smallest absolute Gasteiger partial charge is 0.115 e. The van der Waals surface area contributed by atoms with Crippen LogP contribution in [0.5, 0.6) is 0 Å². The molecule has 0 spiro atoms. The number of hydrogen-bond acceptors (Lipinski definition) is 1. The van der Waals surface area contributed by atoms with E-state index in [1.165, 1.54) is 66.4 Å². The summed E-state index contributed by atoms with van der Waals surface area (Å²) in [5, 5.41) is 3.88. The molecule has 3 aliphatic rings. The maximum absolute atomic E-state index is 5.46. The van der Waals surface area contributed by atoms with Gasteiger partial charge in [0, 0.05) is 51.0 Å². The summed E-state index contributed by atoms with van der Waals surface area (Å²) in [7, 11) is 0.